The second-order valence-corrected chi connectivity index (χ2v) is 9.19. The molecule has 0 unspecified atom stereocenters. The molecule has 0 bridgehead atoms. The standard InChI is InChI=1S/C25H26N4O3S2/c1-4-32-21-10-8-20(9-11-21)29-24(19-6-5-7-22(14-19)31-3)26-27-25(29)34-17-23(30)28(2)15-18-12-13-33-16-18/h5-14,16H,4,15,17H2,1-3H3. The topological polar surface area (TPSA) is 69.5 Å². The van der Waals surface area contributed by atoms with Crippen molar-refractivity contribution in [2.24, 2.45) is 0 Å². The van der Waals surface area contributed by atoms with Crippen LogP contribution in [0.4, 0.5) is 0 Å². The minimum Gasteiger partial charge on any atom is -0.497 e. The summed E-state index contributed by atoms with van der Waals surface area (Å²) in [6, 6.07) is 17.5. The first-order chi connectivity index (χ1) is 16.6. The summed E-state index contributed by atoms with van der Waals surface area (Å²) < 4.78 is 12.9. The van der Waals surface area contributed by atoms with Gasteiger partial charge in [-0.05, 0) is 65.7 Å². The molecule has 9 heteroatoms. The molecular weight excluding hydrogens is 468 g/mol. The van der Waals surface area contributed by atoms with E-state index in [1.807, 2.05) is 78.5 Å². The molecule has 0 N–H and O–H groups in total. The number of aromatic nitrogens is 3. The van der Waals surface area contributed by atoms with Gasteiger partial charge in [0.15, 0.2) is 11.0 Å². The summed E-state index contributed by atoms with van der Waals surface area (Å²) in [5.41, 5.74) is 2.88. The van der Waals surface area contributed by atoms with Crippen molar-refractivity contribution in [3.63, 3.8) is 0 Å². The minimum absolute atomic E-state index is 0.0281. The lowest BCUT2D eigenvalue weighted by molar-refractivity contribution is -0.127. The molecule has 0 fully saturated rings. The first kappa shape index (κ1) is 23.8. The SMILES string of the molecule is CCOc1ccc(-n2c(SCC(=O)N(C)Cc3ccsc3)nnc2-c2cccc(OC)c2)cc1. The van der Waals surface area contributed by atoms with Gasteiger partial charge in [-0.25, -0.2) is 0 Å². The van der Waals surface area contributed by atoms with Gasteiger partial charge in [-0.1, -0.05) is 23.9 Å². The van der Waals surface area contributed by atoms with Crippen LogP contribution in [0.3, 0.4) is 0 Å². The highest BCUT2D eigenvalue weighted by molar-refractivity contribution is 7.99. The molecule has 2 aromatic carbocycles. The van der Waals surface area contributed by atoms with Crippen LogP contribution in [0.15, 0.2) is 70.5 Å². The second-order valence-electron chi connectivity index (χ2n) is 7.47. The Hall–Kier alpha value is -3.30. The lowest BCUT2D eigenvalue weighted by Gasteiger charge is -2.16. The van der Waals surface area contributed by atoms with Crippen LogP contribution in [0.2, 0.25) is 0 Å². The van der Waals surface area contributed by atoms with Crippen LogP contribution < -0.4 is 9.47 Å². The van der Waals surface area contributed by atoms with Crippen LogP contribution in [0.1, 0.15) is 12.5 Å². The number of carbonyl (C=O) groups excluding carboxylic acids is 1. The summed E-state index contributed by atoms with van der Waals surface area (Å²) in [4.78, 5) is 14.5. The molecular formula is C25H26N4O3S2. The van der Waals surface area contributed by atoms with Crippen molar-refractivity contribution >= 4 is 29.0 Å². The number of ether oxygens (including phenoxy) is 2. The molecule has 7 nitrogen and oxygen atoms in total. The summed E-state index contributed by atoms with van der Waals surface area (Å²) in [5, 5.41) is 13.6. The van der Waals surface area contributed by atoms with Crippen molar-refractivity contribution in [1.82, 2.24) is 19.7 Å². The van der Waals surface area contributed by atoms with Crippen molar-refractivity contribution in [3.8, 4) is 28.6 Å². The van der Waals surface area contributed by atoms with Crippen LogP contribution in [0.5, 0.6) is 11.5 Å². The van der Waals surface area contributed by atoms with Gasteiger partial charge in [0.1, 0.15) is 11.5 Å². The maximum atomic E-state index is 12.8. The van der Waals surface area contributed by atoms with Crippen LogP contribution >= 0.6 is 23.1 Å². The van der Waals surface area contributed by atoms with Crippen LogP contribution in [0.25, 0.3) is 17.1 Å². The Labute approximate surface area is 207 Å². The molecule has 4 rings (SSSR count). The highest BCUT2D eigenvalue weighted by Crippen LogP contribution is 2.30. The van der Waals surface area contributed by atoms with E-state index < -0.39 is 0 Å². The summed E-state index contributed by atoms with van der Waals surface area (Å²) in [6.07, 6.45) is 0. The molecule has 0 spiro atoms. The average Bonchev–Trinajstić information content (AvgIpc) is 3.53. The Morgan fingerprint density at radius 1 is 1.12 bits per heavy atom. The number of thiophene rings is 1. The van der Waals surface area contributed by atoms with E-state index in [4.69, 9.17) is 9.47 Å². The number of thioether (sulfide) groups is 1. The lowest BCUT2D eigenvalue weighted by atomic mass is 10.2. The zero-order valence-corrected chi connectivity index (χ0v) is 20.9. The Balaban J connectivity index is 1.61. The van der Waals surface area contributed by atoms with E-state index in [1.54, 1.807) is 23.3 Å². The van der Waals surface area contributed by atoms with E-state index in [9.17, 15) is 4.79 Å². The number of methoxy groups -OCH3 is 1. The third-order valence-corrected chi connectivity index (χ3v) is 6.76. The second kappa shape index (κ2) is 11.2. The predicted octanol–water partition coefficient (Wildman–Crippen LogP) is 5.15. The van der Waals surface area contributed by atoms with E-state index in [-0.39, 0.29) is 11.7 Å². The molecule has 0 aliphatic heterocycles. The number of nitrogens with zero attached hydrogens (tertiary/aromatic N) is 4. The maximum Gasteiger partial charge on any atom is 0.233 e. The third-order valence-electron chi connectivity index (χ3n) is 5.12. The molecule has 4 aromatic rings. The number of benzene rings is 2. The lowest BCUT2D eigenvalue weighted by Crippen LogP contribution is -2.27. The summed E-state index contributed by atoms with van der Waals surface area (Å²) >= 11 is 3.00. The van der Waals surface area contributed by atoms with Gasteiger partial charge in [0.05, 0.1) is 19.5 Å². The molecule has 2 aromatic heterocycles. The van der Waals surface area contributed by atoms with Gasteiger partial charge in [0.25, 0.3) is 0 Å². The van der Waals surface area contributed by atoms with Gasteiger partial charge in [-0.3, -0.25) is 9.36 Å². The predicted molar refractivity (Wildman–Crippen MR) is 136 cm³/mol. The van der Waals surface area contributed by atoms with E-state index in [2.05, 4.69) is 15.6 Å². The van der Waals surface area contributed by atoms with Crippen molar-refractivity contribution in [2.45, 2.75) is 18.6 Å². The zero-order chi connectivity index (χ0) is 23.9. The van der Waals surface area contributed by atoms with Crippen molar-refractivity contribution in [3.05, 3.63) is 70.9 Å². The quantitative estimate of drug-likeness (QED) is 0.284. The van der Waals surface area contributed by atoms with Gasteiger partial charge in [0.2, 0.25) is 5.91 Å². The summed E-state index contributed by atoms with van der Waals surface area (Å²) in [7, 11) is 3.45. The molecule has 0 atom stereocenters. The smallest absolute Gasteiger partial charge is 0.233 e. The number of hydrogen-bond donors (Lipinski definition) is 0. The van der Waals surface area contributed by atoms with Crippen molar-refractivity contribution in [2.75, 3.05) is 26.5 Å². The van der Waals surface area contributed by atoms with E-state index >= 15 is 0 Å². The fourth-order valence-corrected chi connectivity index (χ4v) is 4.94. The normalized spacial score (nSPS) is 10.8. The molecule has 0 saturated heterocycles. The number of hydrogen-bond acceptors (Lipinski definition) is 7. The van der Waals surface area contributed by atoms with Gasteiger partial charge < -0.3 is 14.4 Å². The molecule has 0 aliphatic carbocycles. The van der Waals surface area contributed by atoms with Crippen LogP contribution in [0, 0.1) is 0 Å². The number of rotatable bonds is 10. The van der Waals surface area contributed by atoms with Gasteiger partial charge in [0, 0.05) is 24.8 Å². The van der Waals surface area contributed by atoms with Crippen molar-refractivity contribution < 1.29 is 14.3 Å². The fourth-order valence-electron chi connectivity index (χ4n) is 3.38. The Bertz CT molecular complexity index is 1220. The number of amides is 1. The Morgan fingerprint density at radius 2 is 1.94 bits per heavy atom. The minimum atomic E-state index is 0.0281. The summed E-state index contributed by atoms with van der Waals surface area (Å²) in [5.74, 6) is 2.48. The van der Waals surface area contributed by atoms with Gasteiger partial charge in [-0.15, -0.1) is 10.2 Å². The zero-order valence-electron chi connectivity index (χ0n) is 19.3. The van der Waals surface area contributed by atoms with E-state index in [1.165, 1.54) is 11.8 Å². The third kappa shape index (κ3) is 5.60. The van der Waals surface area contributed by atoms with Gasteiger partial charge >= 0.3 is 0 Å². The van der Waals surface area contributed by atoms with E-state index in [0.717, 1.165) is 28.3 Å². The average molecular weight is 495 g/mol. The Morgan fingerprint density at radius 3 is 2.65 bits per heavy atom. The highest BCUT2D eigenvalue weighted by atomic mass is 32.2. The number of carbonyl (C=O) groups is 1. The van der Waals surface area contributed by atoms with E-state index in [0.29, 0.717) is 24.1 Å². The molecule has 0 saturated carbocycles. The molecule has 2 heterocycles. The molecule has 34 heavy (non-hydrogen) atoms. The van der Waals surface area contributed by atoms with Crippen molar-refractivity contribution in [1.29, 1.82) is 0 Å². The van der Waals surface area contributed by atoms with Crippen LogP contribution in [-0.4, -0.2) is 52.1 Å². The molecule has 176 valence electrons. The molecule has 0 radical (unpaired) electrons. The molecule has 0 aliphatic rings. The highest BCUT2D eigenvalue weighted by Gasteiger charge is 2.19. The monoisotopic (exact) mass is 494 g/mol. The first-order valence-electron chi connectivity index (χ1n) is 10.8. The molecule has 1 amide bonds. The fraction of sp³-hybridized carbons (Fsp3) is 0.240. The maximum absolute atomic E-state index is 12.8. The van der Waals surface area contributed by atoms with Gasteiger partial charge in [-0.2, -0.15) is 11.3 Å². The Kier molecular flexibility index (Phi) is 7.87. The first-order valence-corrected chi connectivity index (χ1v) is 12.7. The van der Waals surface area contributed by atoms with Crippen LogP contribution in [-0.2, 0) is 11.3 Å². The largest absolute Gasteiger partial charge is 0.497 e. The summed E-state index contributed by atoms with van der Waals surface area (Å²) in [6.45, 7) is 3.14.